The summed E-state index contributed by atoms with van der Waals surface area (Å²) in [7, 11) is 0. The van der Waals surface area contributed by atoms with E-state index in [9.17, 15) is 4.79 Å². The Hall–Kier alpha value is -0.580. The molecular formula is C12H19ClN2OS. The average molecular weight is 275 g/mol. The van der Waals surface area contributed by atoms with Crippen molar-refractivity contribution in [1.82, 2.24) is 5.32 Å². The van der Waals surface area contributed by atoms with E-state index >= 15 is 0 Å². The fourth-order valence-electron chi connectivity index (χ4n) is 2.16. The fraction of sp³-hybridized carbons (Fsp3) is 0.583. The van der Waals surface area contributed by atoms with Gasteiger partial charge in [0.1, 0.15) is 0 Å². The molecule has 1 heterocycles. The summed E-state index contributed by atoms with van der Waals surface area (Å²) in [6.45, 7) is 0.737. The smallest absolute Gasteiger partial charge is 0.223 e. The quantitative estimate of drug-likeness (QED) is 0.882. The van der Waals surface area contributed by atoms with Gasteiger partial charge < -0.3 is 11.1 Å². The molecule has 0 aliphatic heterocycles. The van der Waals surface area contributed by atoms with Crippen LogP contribution in [0.15, 0.2) is 16.8 Å². The zero-order valence-corrected chi connectivity index (χ0v) is 11.4. The van der Waals surface area contributed by atoms with E-state index in [4.69, 9.17) is 5.73 Å². The summed E-state index contributed by atoms with van der Waals surface area (Å²) in [6.07, 6.45) is 3.71. The largest absolute Gasteiger partial charge is 0.356 e. The minimum absolute atomic E-state index is 0. The van der Waals surface area contributed by atoms with Gasteiger partial charge in [-0.15, -0.1) is 12.4 Å². The fourth-order valence-corrected chi connectivity index (χ4v) is 2.87. The first-order valence-corrected chi connectivity index (χ1v) is 6.74. The van der Waals surface area contributed by atoms with Gasteiger partial charge in [-0.05, 0) is 48.1 Å². The van der Waals surface area contributed by atoms with Crippen LogP contribution in [-0.2, 0) is 11.2 Å². The second kappa shape index (κ2) is 6.99. The average Bonchev–Trinajstić information content (AvgIpc) is 2.89. The molecule has 17 heavy (non-hydrogen) atoms. The maximum atomic E-state index is 11.8. The van der Waals surface area contributed by atoms with Gasteiger partial charge in [-0.2, -0.15) is 11.3 Å². The normalized spacial score (nSPS) is 23.1. The Kier molecular flexibility index (Phi) is 5.95. The molecule has 3 nitrogen and oxygen atoms in total. The SMILES string of the molecule is Cl.NC1CCC(C(=O)NCCc2ccsc2)C1. The molecule has 0 radical (unpaired) electrons. The lowest BCUT2D eigenvalue weighted by Gasteiger charge is -2.10. The van der Waals surface area contributed by atoms with Crippen LogP contribution in [-0.4, -0.2) is 18.5 Å². The molecule has 2 unspecified atom stereocenters. The van der Waals surface area contributed by atoms with Gasteiger partial charge in [0.2, 0.25) is 5.91 Å². The summed E-state index contributed by atoms with van der Waals surface area (Å²) in [5.41, 5.74) is 7.09. The molecule has 96 valence electrons. The van der Waals surface area contributed by atoms with Crippen molar-refractivity contribution in [2.75, 3.05) is 6.54 Å². The number of nitrogens with two attached hydrogens (primary N) is 1. The predicted octanol–water partition coefficient (Wildman–Crippen LogP) is 1.96. The third kappa shape index (κ3) is 4.30. The van der Waals surface area contributed by atoms with Crippen LogP contribution < -0.4 is 11.1 Å². The molecule has 1 saturated carbocycles. The molecule has 2 atom stereocenters. The van der Waals surface area contributed by atoms with E-state index in [0.29, 0.717) is 0 Å². The number of rotatable bonds is 4. The Bertz CT molecular complexity index is 342. The van der Waals surface area contributed by atoms with Gasteiger partial charge in [0.25, 0.3) is 0 Å². The summed E-state index contributed by atoms with van der Waals surface area (Å²) >= 11 is 1.69. The van der Waals surface area contributed by atoms with Crippen molar-refractivity contribution in [1.29, 1.82) is 0 Å². The van der Waals surface area contributed by atoms with Crippen LogP contribution in [0.2, 0.25) is 0 Å². The first kappa shape index (κ1) is 14.5. The second-order valence-corrected chi connectivity index (χ2v) is 5.22. The number of carbonyl (C=O) groups is 1. The van der Waals surface area contributed by atoms with Gasteiger partial charge in [-0.25, -0.2) is 0 Å². The number of hydrogen-bond donors (Lipinski definition) is 2. The van der Waals surface area contributed by atoms with Gasteiger partial charge in [0.15, 0.2) is 0 Å². The molecule has 1 aliphatic rings. The Morgan fingerprint density at radius 3 is 2.94 bits per heavy atom. The Labute approximate surface area is 112 Å². The van der Waals surface area contributed by atoms with Crippen LogP contribution in [0, 0.1) is 5.92 Å². The summed E-state index contributed by atoms with van der Waals surface area (Å²) < 4.78 is 0. The zero-order valence-electron chi connectivity index (χ0n) is 9.72. The van der Waals surface area contributed by atoms with Crippen LogP contribution >= 0.6 is 23.7 Å². The van der Waals surface area contributed by atoms with Gasteiger partial charge >= 0.3 is 0 Å². The highest BCUT2D eigenvalue weighted by atomic mass is 35.5. The molecule has 1 aromatic rings. The minimum Gasteiger partial charge on any atom is -0.356 e. The molecule has 0 spiro atoms. The highest BCUT2D eigenvalue weighted by molar-refractivity contribution is 7.07. The van der Waals surface area contributed by atoms with Crippen molar-refractivity contribution >= 4 is 29.7 Å². The standard InChI is InChI=1S/C12H18N2OS.ClH/c13-11-2-1-10(7-11)12(15)14-5-3-9-4-6-16-8-9;/h4,6,8,10-11H,1-3,5,7,13H2,(H,14,15);1H. The van der Waals surface area contributed by atoms with Crippen molar-refractivity contribution < 1.29 is 4.79 Å². The lowest BCUT2D eigenvalue weighted by atomic mass is 10.1. The summed E-state index contributed by atoms with van der Waals surface area (Å²) in [6, 6.07) is 2.33. The first-order valence-electron chi connectivity index (χ1n) is 5.80. The lowest BCUT2D eigenvalue weighted by molar-refractivity contribution is -0.124. The molecule has 0 bridgehead atoms. The van der Waals surface area contributed by atoms with E-state index in [1.165, 1.54) is 5.56 Å². The van der Waals surface area contributed by atoms with E-state index in [1.807, 2.05) is 0 Å². The van der Waals surface area contributed by atoms with E-state index in [-0.39, 0.29) is 30.3 Å². The zero-order chi connectivity index (χ0) is 11.4. The number of carbonyl (C=O) groups excluding carboxylic acids is 1. The Balaban J connectivity index is 0.00000144. The molecule has 0 aromatic carbocycles. The molecule has 5 heteroatoms. The first-order chi connectivity index (χ1) is 7.75. The van der Waals surface area contributed by atoms with E-state index in [0.717, 1.165) is 32.2 Å². The van der Waals surface area contributed by atoms with E-state index in [2.05, 4.69) is 22.1 Å². The van der Waals surface area contributed by atoms with E-state index < -0.39 is 0 Å². The maximum absolute atomic E-state index is 11.8. The topological polar surface area (TPSA) is 55.1 Å². The molecule has 0 saturated heterocycles. The molecular weight excluding hydrogens is 256 g/mol. The van der Waals surface area contributed by atoms with Crippen molar-refractivity contribution in [3.05, 3.63) is 22.4 Å². The molecule has 1 aromatic heterocycles. The molecule has 1 amide bonds. The summed E-state index contributed by atoms with van der Waals surface area (Å²) in [5.74, 6) is 0.334. The van der Waals surface area contributed by atoms with Crippen molar-refractivity contribution in [2.24, 2.45) is 11.7 Å². The molecule has 1 aliphatic carbocycles. The predicted molar refractivity (Wildman–Crippen MR) is 73.6 cm³/mol. The Morgan fingerprint density at radius 2 is 2.35 bits per heavy atom. The van der Waals surface area contributed by atoms with Gasteiger partial charge in [0, 0.05) is 18.5 Å². The molecule has 2 rings (SSSR count). The third-order valence-corrected chi connectivity index (χ3v) is 3.87. The highest BCUT2D eigenvalue weighted by Gasteiger charge is 2.27. The van der Waals surface area contributed by atoms with Crippen molar-refractivity contribution in [2.45, 2.75) is 31.7 Å². The number of hydrogen-bond acceptors (Lipinski definition) is 3. The maximum Gasteiger partial charge on any atom is 0.223 e. The number of amides is 1. The van der Waals surface area contributed by atoms with Crippen LogP contribution in [0.5, 0.6) is 0 Å². The van der Waals surface area contributed by atoms with Crippen LogP contribution in [0.3, 0.4) is 0 Å². The number of thiophene rings is 1. The molecule has 3 N–H and O–H groups in total. The third-order valence-electron chi connectivity index (χ3n) is 3.14. The van der Waals surface area contributed by atoms with Gasteiger partial charge in [-0.1, -0.05) is 0 Å². The summed E-state index contributed by atoms with van der Waals surface area (Å²) in [4.78, 5) is 11.8. The van der Waals surface area contributed by atoms with Crippen LogP contribution in [0.4, 0.5) is 0 Å². The number of nitrogens with one attached hydrogen (secondary N) is 1. The Morgan fingerprint density at radius 1 is 1.53 bits per heavy atom. The monoisotopic (exact) mass is 274 g/mol. The van der Waals surface area contributed by atoms with Crippen molar-refractivity contribution in [3.63, 3.8) is 0 Å². The minimum atomic E-state index is 0. The van der Waals surface area contributed by atoms with Gasteiger partial charge in [-0.3, -0.25) is 4.79 Å². The molecule has 1 fully saturated rings. The van der Waals surface area contributed by atoms with Gasteiger partial charge in [0.05, 0.1) is 0 Å². The van der Waals surface area contributed by atoms with E-state index in [1.54, 1.807) is 11.3 Å². The summed E-state index contributed by atoms with van der Waals surface area (Å²) in [5, 5.41) is 7.18. The highest BCUT2D eigenvalue weighted by Crippen LogP contribution is 2.23. The van der Waals surface area contributed by atoms with Crippen LogP contribution in [0.25, 0.3) is 0 Å². The second-order valence-electron chi connectivity index (χ2n) is 4.44. The van der Waals surface area contributed by atoms with Crippen LogP contribution in [0.1, 0.15) is 24.8 Å². The van der Waals surface area contributed by atoms with Crippen molar-refractivity contribution in [3.8, 4) is 0 Å². The lowest BCUT2D eigenvalue weighted by Crippen LogP contribution is -2.31. The number of halogens is 1.